The summed E-state index contributed by atoms with van der Waals surface area (Å²) in [7, 11) is 0. The summed E-state index contributed by atoms with van der Waals surface area (Å²) >= 11 is 5.81. The minimum absolute atomic E-state index is 0.0898. The first kappa shape index (κ1) is 21.9. The molecule has 0 spiro atoms. The molecular weight excluding hydrogens is 374 g/mol. The summed E-state index contributed by atoms with van der Waals surface area (Å²) in [5.74, 6) is -0.302. The highest BCUT2D eigenvalue weighted by molar-refractivity contribution is 6.30. The Morgan fingerprint density at radius 2 is 1.50 bits per heavy atom. The summed E-state index contributed by atoms with van der Waals surface area (Å²) in [6, 6.07) is 15.0. The molecule has 2 aromatic carbocycles. The number of hydrogen-bond donors (Lipinski definition) is 3. The Hall–Kier alpha value is -2.37. The van der Waals surface area contributed by atoms with E-state index in [2.05, 4.69) is 48.7 Å². The van der Waals surface area contributed by atoms with E-state index in [4.69, 9.17) is 11.6 Å². The number of halogens is 1. The lowest BCUT2D eigenvalue weighted by molar-refractivity contribution is -0.910. The maximum absolute atomic E-state index is 12.0. The van der Waals surface area contributed by atoms with Gasteiger partial charge in [0.05, 0.1) is 13.1 Å². The van der Waals surface area contributed by atoms with Gasteiger partial charge in [0.1, 0.15) is 6.54 Å². The van der Waals surface area contributed by atoms with E-state index in [-0.39, 0.29) is 18.2 Å². The molecule has 2 aromatic rings. The van der Waals surface area contributed by atoms with Crippen molar-refractivity contribution in [2.24, 2.45) is 0 Å². The van der Waals surface area contributed by atoms with Crippen LogP contribution in [0.4, 0.5) is 0 Å². The van der Waals surface area contributed by atoms with Crippen LogP contribution in [0, 0.1) is 0 Å². The first-order chi connectivity index (χ1) is 13.5. The third kappa shape index (κ3) is 7.33. The molecule has 0 aliphatic heterocycles. The van der Waals surface area contributed by atoms with Crippen LogP contribution < -0.4 is 15.5 Å². The van der Waals surface area contributed by atoms with Crippen LogP contribution in [0.1, 0.15) is 41.8 Å². The van der Waals surface area contributed by atoms with E-state index in [1.165, 1.54) is 5.56 Å². The van der Waals surface area contributed by atoms with Crippen molar-refractivity contribution in [3.05, 3.63) is 70.2 Å². The molecule has 5 nitrogen and oxygen atoms in total. The van der Waals surface area contributed by atoms with Crippen molar-refractivity contribution < 1.29 is 14.5 Å². The van der Waals surface area contributed by atoms with Crippen molar-refractivity contribution in [1.29, 1.82) is 0 Å². The molecule has 6 heteroatoms. The van der Waals surface area contributed by atoms with Crippen LogP contribution in [0.5, 0.6) is 0 Å². The Labute approximate surface area is 172 Å². The predicted molar refractivity (Wildman–Crippen MR) is 112 cm³/mol. The van der Waals surface area contributed by atoms with Crippen LogP contribution in [-0.2, 0) is 17.9 Å². The summed E-state index contributed by atoms with van der Waals surface area (Å²) in [6.07, 6.45) is 0.239. The second-order valence-electron chi connectivity index (χ2n) is 6.74. The highest BCUT2D eigenvalue weighted by atomic mass is 35.5. The molecule has 2 rings (SSSR count). The van der Waals surface area contributed by atoms with Gasteiger partial charge in [-0.1, -0.05) is 35.9 Å². The second-order valence-corrected chi connectivity index (χ2v) is 7.18. The van der Waals surface area contributed by atoms with E-state index in [9.17, 15) is 9.59 Å². The molecule has 0 aliphatic rings. The summed E-state index contributed by atoms with van der Waals surface area (Å²) in [6.45, 7) is 8.42. The number of carbonyl (C=O) groups excluding carboxylic acids is 2. The van der Waals surface area contributed by atoms with Gasteiger partial charge in [-0.3, -0.25) is 9.59 Å². The van der Waals surface area contributed by atoms with Gasteiger partial charge in [-0.2, -0.15) is 0 Å². The normalized spacial score (nSPS) is 10.7. The number of rotatable bonds is 10. The Morgan fingerprint density at radius 1 is 0.893 bits per heavy atom. The fourth-order valence-corrected chi connectivity index (χ4v) is 2.97. The molecule has 0 saturated heterocycles. The van der Waals surface area contributed by atoms with E-state index >= 15 is 0 Å². The summed E-state index contributed by atoms with van der Waals surface area (Å²) < 4.78 is 0. The van der Waals surface area contributed by atoms with Crippen LogP contribution in [0.25, 0.3) is 0 Å². The molecule has 0 bridgehead atoms. The Bertz CT molecular complexity index is 756. The highest BCUT2D eigenvalue weighted by Crippen LogP contribution is 2.09. The minimum Gasteiger partial charge on any atom is -0.352 e. The van der Waals surface area contributed by atoms with Crippen LogP contribution in [0.2, 0.25) is 5.02 Å². The Kier molecular flexibility index (Phi) is 8.98. The standard InChI is InChI=1S/C22H28ClN3O2/c1-3-26(4-2)16-18-7-5-17(6-8-18)15-25-21(27)13-14-24-22(28)19-9-11-20(23)12-10-19/h5-12H,3-4,13-16H2,1-2H3,(H,24,28)(H,25,27)/p+1. The number of quaternary nitrogens is 1. The van der Waals surface area contributed by atoms with Crippen molar-refractivity contribution in [2.75, 3.05) is 19.6 Å². The van der Waals surface area contributed by atoms with E-state index in [0.717, 1.165) is 25.2 Å². The van der Waals surface area contributed by atoms with Gasteiger partial charge in [0.25, 0.3) is 5.91 Å². The van der Waals surface area contributed by atoms with Crippen molar-refractivity contribution in [3.8, 4) is 0 Å². The Morgan fingerprint density at radius 3 is 2.11 bits per heavy atom. The molecule has 0 radical (unpaired) electrons. The molecule has 0 fully saturated rings. The average molecular weight is 403 g/mol. The van der Waals surface area contributed by atoms with Gasteiger partial charge < -0.3 is 15.5 Å². The fourth-order valence-electron chi connectivity index (χ4n) is 2.85. The molecule has 0 unspecified atom stereocenters. The van der Waals surface area contributed by atoms with E-state index < -0.39 is 0 Å². The van der Waals surface area contributed by atoms with Crippen LogP contribution >= 0.6 is 11.6 Å². The van der Waals surface area contributed by atoms with Gasteiger partial charge in [0.2, 0.25) is 5.91 Å². The van der Waals surface area contributed by atoms with Gasteiger partial charge in [-0.05, 0) is 43.7 Å². The molecule has 0 aromatic heterocycles. The van der Waals surface area contributed by atoms with Crippen molar-refractivity contribution in [2.45, 2.75) is 33.4 Å². The molecule has 3 N–H and O–H groups in total. The molecule has 2 amide bonds. The third-order valence-electron chi connectivity index (χ3n) is 4.71. The van der Waals surface area contributed by atoms with Gasteiger partial charge in [0, 0.05) is 35.7 Å². The zero-order valence-corrected chi connectivity index (χ0v) is 17.3. The highest BCUT2D eigenvalue weighted by Gasteiger charge is 2.07. The third-order valence-corrected chi connectivity index (χ3v) is 4.96. The average Bonchev–Trinajstić information content (AvgIpc) is 2.71. The predicted octanol–water partition coefficient (Wildman–Crippen LogP) is 2.20. The molecular formula is C22H29ClN3O2+. The molecule has 0 saturated carbocycles. The van der Waals surface area contributed by atoms with Crippen molar-refractivity contribution >= 4 is 23.4 Å². The van der Waals surface area contributed by atoms with Gasteiger partial charge in [0.15, 0.2) is 0 Å². The SMILES string of the molecule is CC[NH+](CC)Cc1ccc(CNC(=O)CCNC(=O)c2ccc(Cl)cc2)cc1. The van der Waals surface area contributed by atoms with Crippen LogP contribution in [0.3, 0.4) is 0 Å². The first-order valence-electron chi connectivity index (χ1n) is 9.73. The van der Waals surface area contributed by atoms with Crippen molar-refractivity contribution in [3.63, 3.8) is 0 Å². The zero-order chi connectivity index (χ0) is 20.4. The monoisotopic (exact) mass is 402 g/mol. The van der Waals surface area contributed by atoms with Crippen molar-refractivity contribution in [1.82, 2.24) is 10.6 Å². The summed E-state index contributed by atoms with van der Waals surface area (Å²) in [4.78, 5) is 25.5. The molecule has 0 atom stereocenters. The van der Waals surface area contributed by atoms with Crippen LogP contribution in [0.15, 0.2) is 48.5 Å². The maximum atomic E-state index is 12.0. The second kappa shape index (κ2) is 11.5. The molecule has 0 aliphatic carbocycles. The number of benzene rings is 2. The maximum Gasteiger partial charge on any atom is 0.251 e. The lowest BCUT2D eigenvalue weighted by atomic mass is 10.1. The van der Waals surface area contributed by atoms with Gasteiger partial charge >= 0.3 is 0 Å². The largest absolute Gasteiger partial charge is 0.352 e. The van der Waals surface area contributed by atoms with Crippen LogP contribution in [-0.4, -0.2) is 31.4 Å². The van der Waals surface area contributed by atoms with E-state index in [1.54, 1.807) is 29.2 Å². The van der Waals surface area contributed by atoms with Gasteiger partial charge in [-0.25, -0.2) is 0 Å². The summed E-state index contributed by atoms with van der Waals surface area (Å²) in [5, 5.41) is 6.21. The Balaban J connectivity index is 1.69. The number of hydrogen-bond acceptors (Lipinski definition) is 2. The first-order valence-corrected chi connectivity index (χ1v) is 10.1. The fraction of sp³-hybridized carbons (Fsp3) is 0.364. The lowest BCUT2D eigenvalue weighted by Gasteiger charge is -2.15. The topological polar surface area (TPSA) is 62.6 Å². The summed E-state index contributed by atoms with van der Waals surface area (Å²) in [5.41, 5.74) is 2.90. The van der Waals surface area contributed by atoms with Gasteiger partial charge in [-0.15, -0.1) is 0 Å². The molecule has 0 heterocycles. The van der Waals surface area contributed by atoms with E-state index in [1.807, 2.05) is 0 Å². The molecule has 150 valence electrons. The quantitative estimate of drug-likeness (QED) is 0.570. The number of carbonyl (C=O) groups is 2. The smallest absolute Gasteiger partial charge is 0.251 e. The zero-order valence-electron chi connectivity index (χ0n) is 16.6. The molecule has 28 heavy (non-hydrogen) atoms. The van der Waals surface area contributed by atoms with E-state index in [0.29, 0.717) is 23.7 Å². The number of nitrogens with one attached hydrogen (secondary N) is 3. The number of amides is 2. The lowest BCUT2D eigenvalue weighted by Crippen LogP contribution is -3.10. The minimum atomic E-state index is -0.213.